The third-order valence-electron chi connectivity index (χ3n) is 2.84. The number of hydrogen-bond acceptors (Lipinski definition) is 3. The van der Waals surface area contributed by atoms with Crippen molar-refractivity contribution in [1.29, 1.82) is 0 Å². The van der Waals surface area contributed by atoms with Crippen LogP contribution in [0.2, 0.25) is 0 Å². The molecule has 5 nitrogen and oxygen atoms in total. The minimum Gasteiger partial charge on any atom is -0.351 e. The van der Waals surface area contributed by atoms with Crippen molar-refractivity contribution in [3.8, 4) is 0 Å². The second-order valence-corrected chi connectivity index (χ2v) is 4.77. The van der Waals surface area contributed by atoms with E-state index in [2.05, 4.69) is 15.7 Å². The summed E-state index contributed by atoms with van der Waals surface area (Å²) < 4.78 is 1.82. The summed E-state index contributed by atoms with van der Waals surface area (Å²) in [6, 6.07) is 1.98. The molecule has 0 radical (unpaired) electrons. The summed E-state index contributed by atoms with van der Waals surface area (Å²) in [6.07, 6.45) is 6.26. The molecule has 94 valence electrons. The molecule has 0 bridgehead atoms. The minimum absolute atomic E-state index is 0.0605. The van der Waals surface area contributed by atoms with Crippen LogP contribution in [0.1, 0.15) is 19.8 Å². The van der Waals surface area contributed by atoms with E-state index in [1.54, 1.807) is 6.20 Å². The fourth-order valence-electron chi connectivity index (χ4n) is 1.77. The fraction of sp³-hybridized carbons (Fsp3) is 0.667. The Kier molecular flexibility index (Phi) is 4.14. The molecule has 1 aliphatic rings. The van der Waals surface area contributed by atoms with E-state index in [4.69, 9.17) is 0 Å². The molecule has 1 fully saturated rings. The molecule has 0 saturated heterocycles. The van der Waals surface area contributed by atoms with Crippen LogP contribution in [0, 0.1) is 5.92 Å². The summed E-state index contributed by atoms with van der Waals surface area (Å²) in [5.74, 6) is 0.870. The van der Waals surface area contributed by atoms with Gasteiger partial charge < -0.3 is 10.6 Å². The van der Waals surface area contributed by atoms with Gasteiger partial charge in [0.25, 0.3) is 0 Å². The van der Waals surface area contributed by atoms with Gasteiger partial charge in [-0.15, -0.1) is 0 Å². The minimum atomic E-state index is 0.0605. The molecule has 0 spiro atoms. The fourth-order valence-corrected chi connectivity index (χ4v) is 1.77. The molecule has 0 aliphatic heterocycles. The Balaban J connectivity index is 1.59. The van der Waals surface area contributed by atoms with E-state index in [0.717, 1.165) is 12.5 Å². The second kappa shape index (κ2) is 5.82. The summed E-state index contributed by atoms with van der Waals surface area (Å²) in [4.78, 5) is 11.6. The number of carbonyl (C=O) groups is 1. The van der Waals surface area contributed by atoms with Crippen molar-refractivity contribution in [3.05, 3.63) is 18.5 Å². The number of hydrogen-bond donors (Lipinski definition) is 2. The molecule has 5 heteroatoms. The first kappa shape index (κ1) is 12.1. The zero-order chi connectivity index (χ0) is 12.1. The quantitative estimate of drug-likeness (QED) is 0.720. The lowest BCUT2D eigenvalue weighted by atomic mass is 10.3. The molecule has 1 atom stereocenters. The Bertz CT molecular complexity index is 345. The van der Waals surface area contributed by atoms with Crippen molar-refractivity contribution < 1.29 is 4.79 Å². The molecular weight excluding hydrogens is 216 g/mol. The van der Waals surface area contributed by atoms with Gasteiger partial charge in [0, 0.05) is 18.4 Å². The largest absolute Gasteiger partial charge is 0.351 e. The molecule has 1 aromatic heterocycles. The second-order valence-electron chi connectivity index (χ2n) is 4.77. The van der Waals surface area contributed by atoms with E-state index in [0.29, 0.717) is 13.1 Å². The predicted octanol–water partition coefficient (Wildman–Crippen LogP) is 0.387. The van der Waals surface area contributed by atoms with Crippen molar-refractivity contribution in [2.24, 2.45) is 5.92 Å². The van der Waals surface area contributed by atoms with Crippen LogP contribution in [0.4, 0.5) is 0 Å². The highest BCUT2D eigenvalue weighted by Gasteiger charge is 2.20. The van der Waals surface area contributed by atoms with Gasteiger partial charge >= 0.3 is 0 Å². The highest BCUT2D eigenvalue weighted by atomic mass is 16.1. The maximum Gasteiger partial charge on any atom is 0.234 e. The van der Waals surface area contributed by atoms with E-state index in [1.807, 2.05) is 23.9 Å². The lowest BCUT2D eigenvalue weighted by Gasteiger charge is -2.14. The predicted molar refractivity (Wildman–Crippen MR) is 65.4 cm³/mol. The molecule has 1 saturated carbocycles. The van der Waals surface area contributed by atoms with Crippen LogP contribution in [-0.4, -0.2) is 34.8 Å². The van der Waals surface area contributed by atoms with Crippen LogP contribution >= 0.6 is 0 Å². The Morgan fingerprint density at radius 1 is 1.59 bits per heavy atom. The van der Waals surface area contributed by atoms with Crippen molar-refractivity contribution in [3.63, 3.8) is 0 Å². The lowest BCUT2D eigenvalue weighted by Crippen LogP contribution is -2.41. The normalized spacial score (nSPS) is 16.8. The highest BCUT2D eigenvalue weighted by Crippen LogP contribution is 2.27. The van der Waals surface area contributed by atoms with Crippen molar-refractivity contribution in [1.82, 2.24) is 20.4 Å². The van der Waals surface area contributed by atoms with E-state index in [1.165, 1.54) is 12.8 Å². The number of carbonyl (C=O) groups excluding carboxylic acids is 1. The number of nitrogens with zero attached hydrogens (tertiary/aromatic N) is 2. The molecule has 2 N–H and O–H groups in total. The van der Waals surface area contributed by atoms with Crippen LogP contribution in [0.5, 0.6) is 0 Å². The third kappa shape index (κ3) is 4.56. The van der Waals surface area contributed by atoms with E-state index in [-0.39, 0.29) is 11.9 Å². The maximum absolute atomic E-state index is 11.6. The first-order valence-electron chi connectivity index (χ1n) is 6.21. The number of rotatable bonds is 7. The van der Waals surface area contributed by atoms with Crippen molar-refractivity contribution in [2.45, 2.75) is 32.4 Å². The van der Waals surface area contributed by atoms with Gasteiger partial charge in [0.05, 0.1) is 13.1 Å². The number of aromatic nitrogens is 2. The van der Waals surface area contributed by atoms with Crippen LogP contribution in [0.25, 0.3) is 0 Å². The Morgan fingerprint density at radius 2 is 2.41 bits per heavy atom. The molecule has 0 aromatic carbocycles. The van der Waals surface area contributed by atoms with Crippen LogP contribution in [0.15, 0.2) is 18.5 Å². The monoisotopic (exact) mass is 236 g/mol. The Labute approximate surface area is 102 Å². The molecular formula is C12H20N4O. The average Bonchev–Trinajstić information content (AvgIpc) is 2.95. The van der Waals surface area contributed by atoms with Gasteiger partial charge in [0.2, 0.25) is 5.91 Å². The topological polar surface area (TPSA) is 59.0 Å². The molecule has 1 unspecified atom stereocenters. The lowest BCUT2D eigenvalue weighted by molar-refractivity contribution is -0.120. The van der Waals surface area contributed by atoms with E-state index >= 15 is 0 Å². The molecule has 17 heavy (non-hydrogen) atoms. The van der Waals surface area contributed by atoms with Gasteiger partial charge in [0.1, 0.15) is 0 Å². The zero-order valence-corrected chi connectivity index (χ0v) is 10.2. The van der Waals surface area contributed by atoms with E-state index < -0.39 is 0 Å². The van der Waals surface area contributed by atoms with Crippen LogP contribution < -0.4 is 10.6 Å². The SMILES string of the molecule is CC(Cn1cccn1)NC(=O)CNCC1CC1. The van der Waals surface area contributed by atoms with Crippen LogP contribution in [0.3, 0.4) is 0 Å². The van der Waals surface area contributed by atoms with Crippen molar-refractivity contribution in [2.75, 3.05) is 13.1 Å². The zero-order valence-electron chi connectivity index (χ0n) is 10.2. The summed E-state index contributed by atoms with van der Waals surface area (Å²) >= 11 is 0. The smallest absolute Gasteiger partial charge is 0.234 e. The molecule has 1 heterocycles. The average molecular weight is 236 g/mol. The molecule has 1 aromatic rings. The van der Waals surface area contributed by atoms with E-state index in [9.17, 15) is 4.79 Å². The van der Waals surface area contributed by atoms with Gasteiger partial charge in [-0.2, -0.15) is 5.10 Å². The highest BCUT2D eigenvalue weighted by molar-refractivity contribution is 5.78. The first-order chi connectivity index (χ1) is 8.24. The standard InChI is InChI=1S/C12H20N4O/c1-10(9-16-6-2-5-14-16)15-12(17)8-13-7-11-3-4-11/h2,5-6,10-11,13H,3-4,7-9H2,1H3,(H,15,17). The maximum atomic E-state index is 11.6. The summed E-state index contributed by atoms with van der Waals surface area (Å²) in [7, 11) is 0. The summed E-state index contributed by atoms with van der Waals surface area (Å²) in [6.45, 7) is 4.09. The van der Waals surface area contributed by atoms with Gasteiger partial charge in [-0.25, -0.2) is 0 Å². The number of nitrogens with one attached hydrogen (secondary N) is 2. The van der Waals surface area contributed by atoms with Gasteiger partial charge in [-0.1, -0.05) is 0 Å². The van der Waals surface area contributed by atoms with Crippen molar-refractivity contribution >= 4 is 5.91 Å². The molecule has 1 aliphatic carbocycles. The third-order valence-corrected chi connectivity index (χ3v) is 2.84. The molecule has 2 rings (SSSR count). The molecule has 1 amide bonds. The summed E-state index contributed by atoms with van der Waals surface area (Å²) in [5, 5.41) is 10.2. The Morgan fingerprint density at radius 3 is 3.06 bits per heavy atom. The van der Waals surface area contributed by atoms with Gasteiger partial charge in [-0.3, -0.25) is 9.48 Å². The number of amides is 1. The summed E-state index contributed by atoms with van der Waals surface area (Å²) in [5.41, 5.74) is 0. The Hall–Kier alpha value is -1.36. The van der Waals surface area contributed by atoms with Gasteiger partial charge in [0.15, 0.2) is 0 Å². The van der Waals surface area contributed by atoms with Gasteiger partial charge in [-0.05, 0) is 38.3 Å². The van der Waals surface area contributed by atoms with Crippen LogP contribution in [-0.2, 0) is 11.3 Å². The first-order valence-corrected chi connectivity index (χ1v) is 6.21.